The van der Waals surface area contributed by atoms with E-state index in [1.807, 2.05) is 0 Å². The van der Waals surface area contributed by atoms with E-state index in [9.17, 15) is 25.2 Å². The number of rotatable bonds is 20. The molecule has 31 heavy (non-hydrogen) atoms. The van der Waals surface area contributed by atoms with Gasteiger partial charge in [0.05, 0.1) is 0 Å². The molecule has 0 heterocycles. The summed E-state index contributed by atoms with van der Waals surface area (Å²) in [6, 6.07) is 0. The molecule has 0 aromatic carbocycles. The summed E-state index contributed by atoms with van der Waals surface area (Å²) in [4.78, 5) is 0. The van der Waals surface area contributed by atoms with Gasteiger partial charge in [0.25, 0.3) is 0 Å². The first-order chi connectivity index (χ1) is 14.3. The molecule has 0 aliphatic rings. The van der Waals surface area contributed by atoms with E-state index in [1.165, 1.54) is 109 Å². The first-order valence-electron chi connectivity index (χ1n) is 12.5. The van der Waals surface area contributed by atoms with Crippen molar-refractivity contribution in [2.75, 3.05) is 17.3 Å². The van der Waals surface area contributed by atoms with Gasteiger partial charge in [0.15, 0.2) is 0 Å². The third-order valence-corrected chi connectivity index (χ3v) is 7.71. The van der Waals surface area contributed by atoms with Gasteiger partial charge in [0.1, 0.15) is 17.3 Å². The van der Waals surface area contributed by atoms with E-state index in [-0.39, 0.29) is 0 Å². The number of hydrogen-bond donors (Lipinski definition) is 0. The molecule has 0 N–H and O–H groups in total. The second-order valence-corrected chi connectivity index (χ2v) is 13.0. The molecule has 0 nitrogen and oxygen atoms in total. The fourth-order valence-corrected chi connectivity index (χ4v) is 5.84. The van der Waals surface area contributed by atoms with E-state index in [4.69, 9.17) is 0 Å². The van der Waals surface area contributed by atoms with Gasteiger partial charge >= 0.3 is 33.0 Å². The standard InChI is InChI=1S/C23H49S.F6P/c1-4-7-10-13-16-19-22-24(21-18-15-12-9-6-3)23-20-17-14-11-8-5-2;1-7(2,3,4,5)6/h4-23H2,1-3H3;/q+1;-1. The summed E-state index contributed by atoms with van der Waals surface area (Å²) in [5, 5.41) is 0. The van der Waals surface area contributed by atoms with Gasteiger partial charge in [-0.15, -0.1) is 0 Å². The fraction of sp³-hybridized carbons (Fsp3) is 1.00. The van der Waals surface area contributed by atoms with Crippen molar-refractivity contribution in [3.63, 3.8) is 0 Å². The van der Waals surface area contributed by atoms with Crippen LogP contribution in [0.1, 0.15) is 130 Å². The minimum absolute atomic E-state index is 0.756. The predicted molar refractivity (Wildman–Crippen MR) is 131 cm³/mol. The topological polar surface area (TPSA) is 0 Å². The molecule has 0 saturated heterocycles. The molecule has 0 aromatic rings. The molecule has 0 atom stereocenters. The van der Waals surface area contributed by atoms with E-state index < -0.39 is 7.81 Å². The molecule has 0 spiro atoms. The molecule has 0 saturated carbocycles. The Labute approximate surface area is 191 Å². The summed E-state index contributed by atoms with van der Waals surface area (Å²) in [7, 11) is -9.90. The minimum atomic E-state index is -10.7. The molecular weight excluding hydrogens is 453 g/mol. The molecule has 0 bridgehead atoms. The van der Waals surface area contributed by atoms with Crippen LogP contribution in [0.25, 0.3) is 0 Å². The molecule has 0 fully saturated rings. The Hall–Kier alpha value is 0.360. The molecule has 0 unspecified atom stereocenters. The molecule has 8 heteroatoms. The van der Waals surface area contributed by atoms with Crippen molar-refractivity contribution in [1.82, 2.24) is 0 Å². The van der Waals surface area contributed by atoms with Gasteiger partial charge in [-0.1, -0.05) is 91.4 Å². The van der Waals surface area contributed by atoms with Gasteiger partial charge in [-0.05, 0) is 49.4 Å². The van der Waals surface area contributed by atoms with Crippen LogP contribution in [0.4, 0.5) is 25.2 Å². The Morgan fingerprint density at radius 3 is 0.806 bits per heavy atom. The molecule has 0 amide bonds. The second kappa shape index (κ2) is 17.8. The van der Waals surface area contributed by atoms with Crippen molar-refractivity contribution < 1.29 is 25.2 Å². The Balaban J connectivity index is 0. The zero-order valence-electron chi connectivity index (χ0n) is 20.3. The number of unbranched alkanes of at least 4 members (excludes halogenated alkanes) is 14. The Kier molecular flexibility index (Phi) is 19.2. The van der Waals surface area contributed by atoms with Crippen molar-refractivity contribution >= 4 is 18.7 Å². The summed E-state index contributed by atoms with van der Waals surface area (Å²) in [5.41, 5.74) is 0. The van der Waals surface area contributed by atoms with Crippen LogP contribution in [0.15, 0.2) is 0 Å². The van der Waals surface area contributed by atoms with Crippen LogP contribution in [-0.2, 0) is 10.9 Å². The van der Waals surface area contributed by atoms with Crippen molar-refractivity contribution in [2.24, 2.45) is 0 Å². The first-order valence-corrected chi connectivity index (χ1v) is 16.3. The second-order valence-electron chi connectivity index (χ2n) is 8.63. The van der Waals surface area contributed by atoms with E-state index >= 15 is 0 Å². The molecule has 0 radical (unpaired) electrons. The van der Waals surface area contributed by atoms with Crippen LogP contribution < -0.4 is 0 Å². The van der Waals surface area contributed by atoms with Crippen molar-refractivity contribution in [2.45, 2.75) is 130 Å². The Bertz CT molecular complexity index is 358. The van der Waals surface area contributed by atoms with Crippen LogP contribution in [0.2, 0.25) is 0 Å². The van der Waals surface area contributed by atoms with Crippen molar-refractivity contribution in [1.29, 1.82) is 0 Å². The van der Waals surface area contributed by atoms with Gasteiger partial charge in [-0.3, -0.25) is 0 Å². The summed E-state index contributed by atoms with van der Waals surface area (Å²) < 4.78 is 59.2. The molecule has 0 aromatic heterocycles. The molecule has 0 rings (SSSR count). The van der Waals surface area contributed by atoms with Gasteiger partial charge in [-0.2, -0.15) is 0 Å². The molecule has 0 aliphatic heterocycles. The van der Waals surface area contributed by atoms with E-state index in [2.05, 4.69) is 20.8 Å². The summed E-state index contributed by atoms with van der Waals surface area (Å²) in [6.45, 7) is 6.95. The van der Waals surface area contributed by atoms with Gasteiger partial charge in [0, 0.05) is 0 Å². The normalized spacial score (nSPS) is 14.1. The SMILES string of the molecule is CCCCCCCC[S+](CCCCCCC)CCCCCCCC.F[P-](F)(F)(F)(F)F. The van der Waals surface area contributed by atoms with Crippen molar-refractivity contribution in [3.8, 4) is 0 Å². The van der Waals surface area contributed by atoms with Crippen LogP contribution >= 0.6 is 7.81 Å². The zero-order chi connectivity index (χ0) is 24.1. The maximum absolute atomic E-state index is 10.7. The van der Waals surface area contributed by atoms with Gasteiger partial charge < -0.3 is 0 Å². The average Bonchev–Trinajstić information content (AvgIpc) is 2.64. The number of halogens is 6. The van der Waals surface area contributed by atoms with Gasteiger partial charge in [0.2, 0.25) is 0 Å². The Morgan fingerprint density at radius 1 is 0.387 bits per heavy atom. The monoisotopic (exact) mass is 502 g/mol. The Morgan fingerprint density at radius 2 is 0.581 bits per heavy atom. The first kappa shape index (κ1) is 33.5. The van der Waals surface area contributed by atoms with Crippen LogP contribution in [0.5, 0.6) is 0 Å². The zero-order valence-corrected chi connectivity index (χ0v) is 22.0. The van der Waals surface area contributed by atoms with E-state index in [0.29, 0.717) is 0 Å². The quantitative estimate of drug-likeness (QED) is 0.0672. The summed E-state index contributed by atoms with van der Waals surface area (Å²) >= 11 is 0. The molecule has 194 valence electrons. The van der Waals surface area contributed by atoms with Gasteiger partial charge in [-0.25, -0.2) is 0 Å². The van der Waals surface area contributed by atoms with Crippen molar-refractivity contribution in [3.05, 3.63) is 0 Å². The predicted octanol–water partition coefficient (Wildman–Crippen LogP) is 11.7. The fourth-order valence-electron chi connectivity index (χ4n) is 3.39. The summed E-state index contributed by atoms with van der Waals surface area (Å²) in [6.07, 6.45) is 24.9. The maximum atomic E-state index is 9.87. The molecule has 0 aliphatic carbocycles. The van der Waals surface area contributed by atoms with Crippen LogP contribution in [0, 0.1) is 0 Å². The van der Waals surface area contributed by atoms with Crippen LogP contribution in [0.3, 0.4) is 0 Å². The third kappa shape index (κ3) is 44.7. The third-order valence-electron chi connectivity index (χ3n) is 5.11. The van der Waals surface area contributed by atoms with Crippen LogP contribution in [-0.4, -0.2) is 17.3 Å². The van der Waals surface area contributed by atoms with E-state index in [0.717, 1.165) is 10.9 Å². The summed E-state index contributed by atoms with van der Waals surface area (Å²) in [5.74, 6) is 4.65. The average molecular weight is 503 g/mol. The number of hydrogen-bond acceptors (Lipinski definition) is 0. The van der Waals surface area contributed by atoms with E-state index in [1.54, 1.807) is 17.3 Å². The molecular formula is C23H49F6PS.